The third kappa shape index (κ3) is 4.17. The largest absolute Gasteiger partial charge is 0.481 e. The minimum absolute atomic E-state index is 0. The first kappa shape index (κ1) is 22.6. The topological polar surface area (TPSA) is 116 Å². The Morgan fingerprint density at radius 2 is 2.07 bits per heavy atom. The van der Waals surface area contributed by atoms with E-state index in [2.05, 4.69) is 10.0 Å². The van der Waals surface area contributed by atoms with Crippen molar-refractivity contribution in [2.24, 2.45) is 11.3 Å². The van der Waals surface area contributed by atoms with Crippen LogP contribution in [-0.2, 0) is 19.6 Å². The van der Waals surface area contributed by atoms with Gasteiger partial charge in [-0.3, -0.25) is 14.5 Å². The van der Waals surface area contributed by atoms with Gasteiger partial charge in [-0.25, -0.2) is 13.1 Å². The average Bonchev–Trinajstić information content (AvgIpc) is 3.14. The van der Waals surface area contributed by atoms with Crippen LogP contribution >= 0.6 is 12.4 Å². The fourth-order valence-electron chi connectivity index (χ4n) is 4.34. The van der Waals surface area contributed by atoms with Crippen molar-refractivity contribution < 1.29 is 23.1 Å². The number of aliphatic carboxylic acids is 1. The highest BCUT2D eigenvalue weighted by molar-refractivity contribution is 7.89. The van der Waals surface area contributed by atoms with Crippen LogP contribution in [-0.4, -0.2) is 57.0 Å². The predicted octanol–water partition coefficient (Wildman–Crippen LogP) is 1.45. The number of likely N-dealkylation sites (tertiary alicyclic amines) is 1. The summed E-state index contributed by atoms with van der Waals surface area (Å²) in [6.45, 7) is 2.76. The molecule has 0 bridgehead atoms. The molecule has 1 saturated heterocycles. The van der Waals surface area contributed by atoms with Crippen molar-refractivity contribution >= 4 is 40.0 Å². The first-order valence-electron chi connectivity index (χ1n) is 8.98. The summed E-state index contributed by atoms with van der Waals surface area (Å²) in [6, 6.07) is 4.72. The molecular weight excluding hydrogens is 406 g/mol. The second-order valence-electron chi connectivity index (χ2n) is 7.46. The van der Waals surface area contributed by atoms with Crippen LogP contribution in [0.25, 0.3) is 0 Å². The number of rotatable bonds is 6. The molecule has 10 heteroatoms. The summed E-state index contributed by atoms with van der Waals surface area (Å²) in [5, 5.41) is 12.3. The fourth-order valence-corrected chi connectivity index (χ4v) is 5.34. The van der Waals surface area contributed by atoms with Crippen LogP contribution in [0.4, 0.5) is 5.69 Å². The van der Waals surface area contributed by atoms with Gasteiger partial charge in [0.2, 0.25) is 15.9 Å². The summed E-state index contributed by atoms with van der Waals surface area (Å²) in [5.41, 5.74) is 0.253. The van der Waals surface area contributed by atoms with Crippen molar-refractivity contribution in [3.63, 3.8) is 0 Å². The third-order valence-corrected chi connectivity index (χ3v) is 7.32. The number of benzene rings is 1. The van der Waals surface area contributed by atoms with E-state index in [4.69, 9.17) is 0 Å². The Labute approximate surface area is 171 Å². The number of carbonyl (C=O) groups is 2. The zero-order valence-corrected chi connectivity index (χ0v) is 17.5. The van der Waals surface area contributed by atoms with Gasteiger partial charge in [0.25, 0.3) is 0 Å². The predicted molar refractivity (Wildman–Crippen MR) is 107 cm³/mol. The molecule has 2 atom stereocenters. The summed E-state index contributed by atoms with van der Waals surface area (Å²) in [5.74, 6) is -0.963. The molecule has 1 amide bonds. The summed E-state index contributed by atoms with van der Waals surface area (Å²) in [7, 11) is -2.28. The number of anilines is 1. The minimum atomic E-state index is -3.61. The lowest BCUT2D eigenvalue weighted by molar-refractivity contribution is -0.149. The number of nitrogens with zero attached hydrogens (tertiary/aromatic N) is 1. The summed E-state index contributed by atoms with van der Waals surface area (Å²) in [6.07, 6.45) is 2.46. The first-order chi connectivity index (χ1) is 12.7. The maximum atomic E-state index is 12.4. The minimum Gasteiger partial charge on any atom is -0.481 e. The van der Waals surface area contributed by atoms with E-state index in [0.29, 0.717) is 30.8 Å². The Morgan fingerprint density at radius 1 is 1.36 bits per heavy atom. The number of amides is 1. The summed E-state index contributed by atoms with van der Waals surface area (Å²) < 4.78 is 26.4. The zero-order chi connectivity index (χ0) is 19.8. The van der Waals surface area contributed by atoms with Crippen LogP contribution in [0.15, 0.2) is 23.1 Å². The molecule has 1 aromatic rings. The number of halogens is 1. The molecule has 2 fully saturated rings. The lowest BCUT2D eigenvalue weighted by Crippen LogP contribution is -2.37. The quantitative estimate of drug-likeness (QED) is 0.627. The Morgan fingerprint density at radius 3 is 2.68 bits per heavy atom. The van der Waals surface area contributed by atoms with Gasteiger partial charge >= 0.3 is 5.97 Å². The number of carboxylic acid groups (broad SMARTS) is 1. The van der Waals surface area contributed by atoms with E-state index in [1.807, 2.05) is 4.90 Å². The van der Waals surface area contributed by atoms with Gasteiger partial charge in [0.1, 0.15) is 0 Å². The van der Waals surface area contributed by atoms with Crippen LogP contribution in [0, 0.1) is 18.3 Å². The van der Waals surface area contributed by atoms with Crippen molar-refractivity contribution in [3.8, 4) is 0 Å². The average molecular weight is 432 g/mol. The number of carboxylic acids is 1. The van der Waals surface area contributed by atoms with Gasteiger partial charge < -0.3 is 10.4 Å². The molecule has 0 unspecified atom stereocenters. The molecule has 2 aliphatic rings. The normalized spacial score (nSPS) is 24.4. The summed E-state index contributed by atoms with van der Waals surface area (Å²) >= 11 is 0. The molecule has 1 heterocycles. The van der Waals surface area contributed by atoms with E-state index in [-0.39, 0.29) is 35.7 Å². The lowest BCUT2D eigenvalue weighted by Gasteiger charge is -2.23. The smallest absolute Gasteiger partial charge is 0.311 e. The van der Waals surface area contributed by atoms with Crippen LogP contribution in [0.5, 0.6) is 0 Å². The molecule has 1 aliphatic heterocycles. The number of hydrogen-bond acceptors (Lipinski definition) is 5. The molecule has 3 N–H and O–H groups in total. The molecule has 3 rings (SSSR count). The number of aryl methyl sites for hydroxylation is 1. The molecule has 0 spiro atoms. The Kier molecular flexibility index (Phi) is 6.75. The Balaban J connectivity index is 0.00000280. The fraction of sp³-hybridized carbons (Fsp3) is 0.556. The van der Waals surface area contributed by atoms with Crippen LogP contribution in [0.1, 0.15) is 24.8 Å². The molecule has 0 radical (unpaired) electrons. The van der Waals surface area contributed by atoms with E-state index < -0.39 is 21.4 Å². The van der Waals surface area contributed by atoms with Gasteiger partial charge in [-0.15, -0.1) is 12.4 Å². The van der Waals surface area contributed by atoms with Crippen molar-refractivity contribution in [1.29, 1.82) is 0 Å². The van der Waals surface area contributed by atoms with Gasteiger partial charge in [-0.1, -0.05) is 12.5 Å². The van der Waals surface area contributed by atoms with E-state index in [1.165, 1.54) is 13.1 Å². The third-order valence-electron chi connectivity index (χ3n) is 5.76. The molecule has 0 aromatic heterocycles. The van der Waals surface area contributed by atoms with Crippen molar-refractivity contribution in [2.75, 3.05) is 32.0 Å². The summed E-state index contributed by atoms with van der Waals surface area (Å²) in [4.78, 5) is 26.1. The SMILES string of the molecule is CNS(=O)(=O)c1cc(NC(=O)CN2C[C@@H]3CCC[C@@]3(C(=O)O)C2)ccc1C.Cl. The number of carbonyl (C=O) groups excluding carboxylic acids is 1. The van der Waals surface area contributed by atoms with Crippen molar-refractivity contribution in [3.05, 3.63) is 23.8 Å². The highest BCUT2D eigenvalue weighted by Crippen LogP contribution is 2.48. The van der Waals surface area contributed by atoms with Crippen LogP contribution in [0.2, 0.25) is 0 Å². The molecule has 156 valence electrons. The van der Waals surface area contributed by atoms with E-state index in [1.54, 1.807) is 19.1 Å². The number of hydrogen-bond donors (Lipinski definition) is 3. The van der Waals surface area contributed by atoms with Gasteiger partial charge in [0, 0.05) is 18.8 Å². The number of fused-ring (bicyclic) bond motifs is 1. The van der Waals surface area contributed by atoms with Gasteiger partial charge in [0.05, 0.1) is 16.9 Å². The molecule has 1 aromatic carbocycles. The van der Waals surface area contributed by atoms with E-state index >= 15 is 0 Å². The monoisotopic (exact) mass is 431 g/mol. The highest BCUT2D eigenvalue weighted by Gasteiger charge is 2.54. The molecule has 28 heavy (non-hydrogen) atoms. The second-order valence-corrected chi connectivity index (χ2v) is 9.31. The standard InChI is InChI=1S/C18H25N3O5S.ClH/c1-12-5-6-14(8-15(12)27(25,26)19-2)20-16(22)10-21-9-13-4-3-7-18(13,11-21)17(23)24;/h5-6,8,13,19H,3-4,7,9-11H2,1-2H3,(H,20,22)(H,23,24);1H/t13-,18+;/m0./s1. The second kappa shape index (κ2) is 8.36. The van der Waals surface area contributed by atoms with Gasteiger partial charge in [0.15, 0.2) is 0 Å². The molecule has 1 aliphatic carbocycles. The molecule has 1 saturated carbocycles. The van der Waals surface area contributed by atoms with Gasteiger partial charge in [-0.05, 0) is 50.4 Å². The van der Waals surface area contributed by atoms with E-state index in [9.17, 15) is 23.1 Å². The van der Waals surface area contributed by atoms with E-state index in [0.717, 1.165) is 12.8 Å². The van der Waals surface area contributed by atoms with Crippen molar-refractivity contribution in [2.45, 2.75) is 31.1 Å². The van der Waals surface area contributed by atoms with Gasteiger partial charge in [-0.2, -0.15) is 0 Å². The van der Waals surface area contributed by atoms with Crippen LogP contribution in [0.3, 0.4) is 0 Å². The highest BCUT2D eigenvalue weighted by atomic mass is 35.5. The first-order valence-corrected chi connectivity index (χ1v) is 10.5. The Hall–Kier alpha value is -1.68. The Bertz CT molecular complexity index is 876. The van der Waals surface area contributed by atoms with Crippen molar-refractivity contribution in [1.82, 2.24) is 9.62 Å². The number of sulfonamides is 1. The maximum Gasteiger partial charge on any atom is 0.311 e. The molecule has 8 nitrogen and oxygen atoms in total. The molecular formula is C18H26ClN3O5S. The maximum absolute atomic E-state index is 12.4. The number of nitrogens with one attached hydrogen (secondary N) is 2. The van der Waals surface area contributed by atoms with Crippen LogP contribution < -0.4 is 10.0 Å². The lowest BCUT2D eigenvalue weighted by atomic mass is 9.81. The zero-order valence-electron chi connectivity index (χ0n) is 15.9.